The molecule has 6 nitrogen and oxygen atoms in total. The number of carbonyl (C=O) groups excluding carboxylic acids is 1. The third-order valence-electron chi connectivity index (χ3n) is 2.78. The molecule has 1 saturated carbocycles. The number of carbonyl (C=O) groups is 1. The quantitative estimate of drug-likeness (QED) is 0.488. The third-order valence-corrected chi connectivity index (χ3v) is 3.14. The van der Waals surface area contributed by atoms with Crippen molar-refractivity contribution in [3.63, 3.8) is 0 Å². The summed E-state index contributed by atoms with van der Waals surface area (Å²) in [4.78, 5) is 26.4. The molecule has 1 aliphatic rings. The first-order valence-corrected chi connectivity index (χ1v) is 6.39. The first kappa shape index (κ1) is 14.2. The molecule has 0 aromatic rings. The van der Waals surface area contributed by atoms with Gasteiger partial charge in [-0.3, -0.25) is 4.79 Å². The zero-order valence-electron chi connectivity index (χ0n) is 9.94. The Labute approximate surface area is 108 Å². The van der Waals surface area contributed by atoms with Gasteiger partial charge in [0.2, 0.25) is 5.91 Å². The van der Waals surface area contributed by atoms with Crippen molar-refractivity contribution in [1.29, 1.82) is 0 Å². The largest absolute Gasteiger partial charge is 0.352 e. The molecule has 0 bridgehead atoms. The number of alkyl halides is 1. The Morgan fingerprint density at radius 2 is 1.94 bits per heavy atom. The number of rotatable bonds is 4. The van der Waals surface area contributed by atoms with Gasteiger partial charge in [0.05, 0.1) is 4.32 Å². The van der Waals surface area contributed by atoms with E-state index in [9.17, 15) is 14.9 Å². The monoisotopic (exact) mass is 308 g/mol. The number of halogens is 1. The van der Waals surface area contributed by atoms with Crippen LogP contribution >= 0.6 is 15.9 Å². The Morgan fingerprint density at radius 3 is 2.35 bits per heavy atom. The number of nitrogens with zero attached hydrogens (tertiary/aromatic N) is 1. The van der Waals surface area contributed by atoms with E-state index in [1.807, 2.05) is 0 Å². The van der Waals surface area contributed by atoms with Crippen LogP contribution in [0.25, 0.3) is 0 Å². The lowest BCUT2D eigenvalue weighted by Gasteiger charge is -2.29. The summed E-state index contributed by atoms with van der Waals surface area (Å²) in [6, 6.07) is 0.0888. The summed E-state index contributed by atoms with van der Waals surface area (Å²) < 4.78 is -0.582. The van der Waals surface area contributed by atoms with Gasteiger partial charge in [-0.25, -0.2) is 0 Å². The van der Waals surface area contributed by atoms with E-state index in [0.717, 1.165) is 0 Å². The van der Waals surface area contributed by atoms with E-state index >= 15 is 0 Å². The van der Waals surface area contributed by atoms with Crippen molar-refractivity contribution in [1.82, 2.24) is 5.32 Å². The standard InChI is InChI=1S/C10H17BrN2O4/c1-10(2,11)9(14)12-7-3-5-8(6-4-7)17-13(15)16/h7-8H,3-6H2,1-2H3,(H,12,14)/t7-,8-. The first-order valence-electron chi connectivity index (χ1n) is 5.60. The molecule has 7 heteroatoms. The highest BCUT2D eigenvalue weighted by molar-refractivity contribution is 9.10. The molecule has 1 fully saturated rings. The lowest BCUT2D eigenvalue weighted by molar-refractivity contribution is -0.769. The van der Waals surface area contributed by atoms with Crippen molar-refractivity contribution in [2.75, 3.05) is 0 Å². The Balaban J connectivity index is 2.33. The Kier molecular flexibility index (Phi) is 4.73. The van der Waals surface area contributed by atoms with Crippen molar-refractivity contribution in [2.24, 2.45) is 0 Å². The number of amides is 1. The van der Waals surface area contributed by atoms with Crippen LogP contribution in [0, 0.1) is 10.1 Å². The fraction of sp³-hybridized carbons (Fsp3) is 0.900. The fourth-order valence-electron chi connectivity index (χ4n) is 1.79. The van der Waals surface area contributed by atoms with Gasteiger partial charge in [0, 0.05) is 6.04 Å². The summed E-state index contributed by atoms with van der Waals surface area (Å²) in [5.74, 6) is -0.0591. The second kappa shape index (κ2) is 5.66. The highest BCUT2D eigenvalue weighted by atomic mass is 79.9. The zero-order chi connectivity index (χ0) is 13.1. The van der Waals surface area contributed by atoms with Crippen LogP contribution in [0.1, 0.15) is 39.5 Å². The molecule has 0 aliphatic heterocycles. The van der Waals surface area contributed by atoms with Gasteiger partial charge in [0.15, 0.2) is 0 Å². The molecule has 0 spiro atoms. The Morgan fingerprint density at radius 1 is 1.41 bits per heavy atom. The second-order valence-electron chi connectivity index (χ2n) is 4.75. The average Bonchev–Trinajstić information content (AvgIpc) is 2.18. The molecule has 0 radical (unpaired) electrons. The molecule has 1 amide bonds. The van der Waals surface area contributed by atoms with Gasteiger partial charge in [-0.15, -0.1) is 10.1 Å². The normalized spacial score (nSPS) is 25.1. The summed E-state index contributed by atoms with van der Waals surface area (Å²) in [7, 11) is 0. The molecule has 1 rings (SSSR count). The lowest BCUT2D eigenvalue weighted by atomic mass is 9.93. The highest BCUT2D eigenvalue weighted by Gasteiger charge is 2.29. The van der Waals surface area contributed by atoms with E-state index in [1.54, 1.807) is 13.8 Å². The molecule has 0 aromatic carbocycles. The molecule has 1 aliphatic carbocycles. The average molecular weight is 309 g/mol. The van der Waals surface area contributed by atoms with E-state index < -0.39 is 9.41 Å². The summed E-state index contributed by atoms with van der Waals surface area (Å²) in [5.41, 5.74) is 0. The van der Waals surface area contributed by atoms with Gasteiger partial charge in [-0.05, 0) is 39.5 Å². The van der Waals surface area contributed by atoms with Crippen LogP contribution in [-0.2, 0) is 9.63 Å². The van der Waals surface area contributed by atoms with E-state index in [0.29, 0.717) is 25.7 Å². The predicted molar refractivity (Wildman–Crippen MR) is 65.3 cm³/mol. The SMILES string of the molecule is CC(C)(Br)C(=O)N[C@H]1CC[C@H](O[N+](=O)[O-])CC1. The minimum Gasteiger partial charge on any atom is -0.352 e. The first-order chi connectivity index (χ1) is 7.79. The van der Waals surface area contributed by atoms with E-state index in [1.165, 1.54) is 0 Å². The summed E-state index contributed by atoms with van der Waals surface area (Å²) >= 11 is 3.29. The molecule has 0 atom stereocenters. The second-order valence-corrected chi connectivity index (χ2v) is 6.73. The smallest absolute Gasteiger partial charge is 0.294 e. The van der Waals surface area contributed by atoms with Crippen LogP contribution in [0.3, 0.4) is 0 Å². The van der Waals surface area contributed by atoms with Crippen LogP contribution in [0.15, 0.2) is 0 Å². The highest BCUT2D eigenvalue weighted by Crippen LogP contribution is 2.23. The van der Waals surface area contributed by atoms with E-state index in [4.69, 9.17) is 0 Å². The summed E-state index contributed by atoms with van der Waals surface area (Å²) in [6.45, 7) is 3.56. The number of hydrogen-bond acceptors (Lipinski definition) is 4. The maximum atomic E-state index is 11.7. The van der Waals surface area contributed by atoms with E-state index in [2.05, 4.69) is 26.1 Å². The van der Waals surface area contributed by atoms with Crippen LogP contribution in [-0.4, -0.2) is 27.5 Å². The van der Waals surface area contributed by atoms with Gasteiger partial charge in [0.1, 0.15) is 6.10 Å². The van der Waals surface area contributed by atoms with Crippen molar-refractivity contribution in [3.05, 3.63) is 10.1 Å². The van der Waals surface area contributed by atoms with Gasteiger partial charge in [-0.2, -0.15) is 0 Å². The molecule has 0 unspecified atom stereocenters. The van der Waals surface area contributed by atoms with Gasteiger partial charge >= 0.3 is 0 Å². The van der Waals surface area contributed by atoms with Crippen LogP contribution in [0.5, 0.6) is 0 Å². The number of nitrogens with one attached hydrogen (secondary N) is 1. The van der Waals surface area contributed by atoms with E-state index in [-0.39, 0.29) is 18.1 Å². The topological polar surface area (TPSA) is 81.5 Å². The zero-order valence-corrected chi connectivity index (χ0v) is 11.5. The summed E-state index contributed by atoms with van der Waals surface area (Å²) in [5, 5.41) is 12.3. The van der Waals surface area contributed by atoms with Crippen LogP contribution in [0.2, 0.25) is 0 Å². The molecule has 0 aromatic heterocycles. The minimum absolute atomic E-state index is 0.0591. The molecule has 0 saturated heterocycles. The van der Waals surface area contributed by atoms with Crippen molar-refractivity contribution < 1.29 is 14.7 Å². The maximum absolute atomic E-state index is 11.7. The molecule has 1 N–H and O–H groups in total. The molecular weight excluding hydrogens is 292 g/mol. The van der Waals surface area contributed by atoms with Crippen LogP contribution in [0.4, 0.5) is 0 Å². The maximum Gasteiger partial charge on any atom is 0.294 e. The molecule has 17 heavy (non-hydrogen) atoms. The third kappa shape index (κ3) is 4.89. The van der Waals surface area contributed by atoms with Gasteiger partial charge in [-0.1, -0.05) is 15.9 Å². The molecule has 0 heterocycles. The van der Waals surface area contributed by atoms with Crippen molar-refractivity contribution in [3.8, 4) is 0 Å². The minimum atomic E-state index is -0.745. The molecular formula is C10H17BrN2O4. The predicted octanol–water partition coefficient (Wildman–Crippen LogP) is 1.80. The molecule has 98 valence electrons. The van der Waals surface area contributed by atoms with Crippen molar-refractivity contribution >= 4 is 21.8 Å². The summed E-state index contributed by atoms with van der Waals surface area (Å²) in [6.07, 6.45) is 2.32. The van der Waals surface area contributed by atoms with Crippen LogP contribution < -0.4 is 5.32 Å². The Bertz CT molecular complexity index is 295. The lowest BCUT2D eigenvalue weighted by Crippen LogP contribution is -2.45. The number of hydrogen-bond donors (Lipinski definition) is 1. The Hall–Kier alpha value is -0.850. The van der Waals surface area contributed by atoms with Gasteiger partial charge < -0.3 is 10.2 Å². The van der Waals surface area contributed by atoms with Gasteiger partial charge in [0.25, 0.3) is 5.09 Å². The fourth-order valence-corrected chi connectivity index (χ4v) is 1.91. The van der Waals surface area contributed by atoms with Crippen molar-refractivity contribution in [2.45, 2.75) is 56.0 Å².